The van der Waals surface area contributed by atoms with Gasteiger partial charge < -0.3 is 0 Å². The summed E-state index contributed by atoms with van der Waals surface area (Å²) in [4.78, 5) is 14.5. The van der Waals surface area contributed by atoms with Crippen molar-refractivity contribution in [1.29, 1.82) is 0 Å². The lowest BCUT2D eigenvalue weighted by Gasteiger charge is -2.30. The van der Waals surface area contributed by atoms with Gasteiger partial charge in [-0.25, -0.2) is 9.97 Å². The van der Waals surface area contributed by atoms with Crippen molar-refractivity contribution in [1.82, 2.24) is 9.97 Å². The summed E-state index contributed by atoms with van der Waals surface area (Å²) >= 11 is 0. The van der Waals surface area contributed by atoms with Gasteiger partial charge in [0, 0.05) is 34.2 Å². The first-order valence-corrected chi connectivity index (χ1v) is 17.7. The highest BCUT2D eigenvalue weighted by Crippen LogP contribution is 2.49. The van der Waals surface area contributed by atoms with Crippen LogP contribution in [0.5, 0.6) is 0 Å². The molecule has 0 aliphatic carbocycles. The minimum atomic E-state index is 0.876. The summed E-state index contributed by atoms with van der Waals surface area (Å²) in [5.41, 5.74) is 6.82. The summed E-state index contributed by atoms with van der Waals surface area (Å²) in [6.07, 6.45) is 3.76. The zero-order valence-electron chi connectivity index (χ0n) is 29.0. The third-order valence-electron chi connectivity index (χ3n) is 10.5. The van der Waals surface area contributed by atoms with Crippen molar-refractivity contribution >= 4 is 88.2 Å². The Labute approximate surface area is 302 Å². The van der Waals surface area contributed by atoms with Gasteiger partial charge in [0.25, 0.3) is 0 Å². The lowest BCUT2D eigenvalue weighted by atomic mass is 9.88. The van der Waals surface area contributed by atoms with E-state index < -0.39 is 0 Å². The second kappa shape index (κ2) is 11.9. The van der Waals surface area contributed by atoms with Gasteiger partial charge in [-0.2, -0.15) is 0 Å². The Hall–Kier alpha value is -6.78. The quantitative estimate of drug-likeness (QED) is 0.165. The number of aromatic nitrogens is 2. The lowest BCUT2D eigenvalue weighted by molar-refractivity contribution is 1.19. The van der Waals surface area contributed by atoms with Gasteiger partial charge in [0.2, 0.25) is 0 Å². The van der Waals surface area contributed by atoms with Crippen LogP contribution in [0.1, 0.15) is 11.1 Å². The first kappa shape index (κ1) is 30.1. The fourth-order valence-electron chi connectivity index (χ4n) is 8.13. The number of pyridine rings is 2. The summed E-state index contributed by atoms with van der Waals surface area (Å²) < 4.78 is 0. The molecule has 0 radical (unpaired) electrons. The van der Waals surface area contributed by atoms with Crippen LogP contribution in [-0.2, 0) is 0 Å². The Morgan fingerprint density at radius 2 is 0.904 bits per heavy atom. The van der Waals surface area contributed by atoms with Crippen molar-refractivity contribution in [3.05, 3.63) is 181 Å². The maximum Gasteiger partial charge on any atom is 0.137 e. The van der Waals surface area contributed by atoms with Crippen LogP contribution < -0.4 is 9.80 Å². The van der Waals surface area contributed by atoms with Crippen LogP contribution in [0.2, 0.25) is 0 Å². The first-order valence-electron chi connectivity index (χ1n) is 17.7. The van der Waals surface area contributed by atoms with Crippen molar-refractivity contribution in [3.8, 4) is 0 Å². The van der Waals surface area contributed by atoms with Crippen LogP contribution in [0.25, 0.3) is 53.9 Å². The van der Waals surface area contributed by atoms with Gasteiger partial charge in [0.15, 0.2) is 0 Å². The molecule has 0 unspecified atom stereocenters. The van der Waals surface area contributed by atoms with Gasteiger partial charge in [-0.05, 0) is 117 Å². The molecule has 4 heteroatoms. The Balaban J connectivity index is 1.29. The summed E-state index contributed by atoms with van der Waals surface area (Å²) in [5, 5.41) is 12.2. The minimum Gasteiger partial charge on any atom is -0.294 e. The molecule has 0 aliphatic heterocycles. The molecule has 0 aliphatic rings. The number of benzene rings is 8. The average molecular weight is 667 g/mol. The number of fused-ring (bicyclic) bond motifs is 2. The fourth-order valence-corrected chi connectivity index (χ4v) is 8.13. The Morgan fingerprint density at radius 1 is 0.365 bits per heavy atom. The third kappa shape index (κ3) is 4.69. The van der Waals surface area contributed by atoms with Crippen LogP contribution in [0.15, 0.2) is 170 Å². The largest absolute Gasteiger partial charge is 0.294 e. The second-order valence-corrected chi connectivity index (χ2v) is 13.6. The molecular weight excluding hydrogens is 633 g/mol. The van der Waals surface area contributed by atoms with E-state index in [2.05, 4.69) is 169 Å². The highest BCUT2D eigenvalue weighted by molar-refractivity contribution is 6.29. The molecule has 52 heavy (non-hydrogen) atoms. The van der Waals surface area contributed by atoms with E-state index in [1.54, 1.807) is 0 Å². The van der Waals surface area contributed by atoms with Gasteiger partial charge >= 0.3 is 0 Å². The van der Waals surface area contributed by atoms with Gasteiger partial charge in [-0.3, -0.25) is 9.80 Å². The van der Waals surface area contributed by atoms with Crippen LogP contribution in [0, 0.1) is 13.8 Å². The van der Waals surface area contributed by atoms with Crippen molar-refractivity contribution in [2.24, 2.45) is 0 Å². The molecular formula is C48H34N4. The van der Waals surface area contributed by atoms with Gasteiger partial charge in [-0.1, -0.05) is 103 Å². The Morgan fingerprint density at radius 3 is 1.56 bits per heavy atom. The van der Waals surface area contributed by atoms with Crippen LogP contribution in [0.3, 0.4) is 0 Å². The molecule has 4 nitrogen and oxygen atoms in total. The Kier molecular flexibility index (Phi) is 6.90. The van der Waals surface area contributed by atoms with E-state index in [0.29, 0.717) is 0 Å². The average Bonchev–Trinajstić information content (AvgIpc) is 3.20. The molecule has 0 bridgehead atoms. The molecule has 0 spiro atoms. The van der Waals surface area contributed by atoms with E-state index in [1.807, 2.05) is 24.5 Å². The molecule has 0 saturated carbocycles. The molecule has 246 valence electrons. The molecule has 10 rings (SSSR count). The van der Waals surface area contributed by atoms with Crippen molar-refractivity contribution in [3.63, 3.8) is 0 Å². The summed E-state index contributed by atoms with van der Waals surface area (Å²) in [7, 11) is 0. The summed E-state index contributed by atoms with van der Waals surface area (Å²) in [6, 6.07) is 56.5. The van der Waals surface area contributed by atoms with E-state index in [-0.39, 0.29) is 0 Å². The van der Waals surface area contributed by atoms with Gasteiger partial charge in [0.05, 0.1) is 17.1 Å². The zero-order valence-corrected chi connectivity index (χ0v) is 29.0. The number of nitrogens with zero attached hydrogens (tertiary/aromatic N) is 4. The predicted octanol–water partition coefficient (Wildman–Crippen LogP) is 13.2. The molecule has 8 aromatic carbocycles. The van der Waals surface area contributed by atoms with Crippen LogP contribution in [-0.4, -0.2) is 9.97 Å². The number of anilines is 6. The fraction of sp³-hybridized carbons (Fsp3) is 0.0417. The maximum atomic E-state index is 4.93. The summed E-state index contributed by atoms with van der Waals surface area (Å²) in [6.45, 7) is 4.47. The summed E-state index contributed by atoms with van der Waals surface area (Å²) in [5.74, 6) is 1.75. The second-order valence-electron chi connectivity index (χ2n) is 13.6. The maximum absolute atomic E-state index is 4.93. The first-order chi connectivity index (χ1) is 25.6. The minimum absolute atomic E-state index is 0.876. The van der Waals surface area contributed by atoms with Crippen molar-refractivity contribution < 1.29 is 0 Å². The number of hydrogen-bond donors (Lipinski definition) is 0. The molecule has 0 saturated heterocycles. The van der Waals surface area contributed by atoms with Gasteiger partial charge in [-0.15, -0.1) is 0 Å². The lowest BCUT2D eigenvalue weighted by Crippen LogP contribution is -2.13. The highest BCUT2D eigenvalue weighted by atomic mass is 15.2. The standard InChI is InChI=1S/C48H34N4/c1-31-28-43(51(45-18-7-9-26-49-45)36-21-20-33-12-3-4-14-35(33)30-36)40-24-22-38-32(2)29-44(41-25-23-37(31)47(40)48(38)41)52(46-19-8-10-27-50-46)42-17-11-15-34-13-5-6-16-39(34)42/h3-30H,1-2H3. The monoisotopic (exact) mass is 666 g/mol. The normalized spacial score (nSPS) is 11.7. The third-order valence-corrected chi connectivity index (χ3v) is 10.5. The topological polar surface area (TPSA) is 32.3 Å². The number of aryl methyl sites for hydroxylation is 2. The van der Waals surface area contributed by atoms with Crippen LogP contribution in [0.4, 0.5) is 34.4 Å². The van der Waals surface area contributed by atoms with E-state index >= 15 is 0 Å². The molecule has 2 heterocycles. The smallest absolute Gasteiger partial charge is 0.137 e. The molecule has 2 aromatic heterocycles. The van der Waals surface area contributed by atoms with Crippen LogP contribution >= 0.6 is 0 Å². The van der Waals surface area contributed by atoms with E-state index in [1.165, 1.54) is 65.0 Å². The predicted molar refractivity (Wildman–Crippen MR) is 220 cm³/mol. The number of hydrogen-bond acceptors (Lipinski definition) is 4. The van der Waals surface area contributed by atoms with E-state index in [4.69, 9.17) is 9.97 Å². The molecule has 10 aromatic rings. The number of rotatable bonds is 6. The molecule has 0 N–H and O–H groups in total. The SMILES string of the molecule is Cc1cc(N(c2ccc3ccccc3c2)c2ccccn2)c2ccc3c(C)cc(N(c4ccccn4)c4cccc5ccccc45)c4ccc1c2c34. The molecule has 0 atom stereocenters. The van der Waals surface area contributed by atoms with Gasteiger partial charge in [0.1, 0.15) is 11.6 Å². The zero-order chi connectivity index (χ0) is 34.8. The van der Waals surface area contributed by atoms with E-state index in [9.17, 15) is 0 Å². The Bertz CT molecular complexity index is 2930. The van der Waals surface area contributed by atoms with E-state index in [0.717, 1.165) is 34.4 Å². The molecule has 0 amide bonds. The molecule has 0 fully saturated rings. The van der Waals surface area contributed by atoms with Crippen molar-refractivity contribution in [2.45, 2.75) is 13.8 Å². The highest BCUT2D eigenvalue weighted by Gasteiger charge is 2.25. The van der Waals surface area contributed by atoms with Crippen molar-refractivity contribution in [2.75, 3.05) is 9.80 Å².